The highest BCUT2D eigenvalue weighted by Crippen LogP contribution is 2.59. The maximum atomic E-state index is 15.3. The summed E-state index contributed by atoms with van der Waals surface area (Å²) in [4.78, 5) is 45.0. The number of ether oxygens (including phenoxy) is 6. The van der Waals surface area contributed by atoms with Crippen LogP contribution in [-0.4, -0.2) is 86.3 Å². The molecule has 109 heavy (non-hydrogen) atoms. The third kappa shape index (κ3) is 23.0. The Hall–Kier alpha value is -4.98. The van der Waals surface area contributed by atoms with Crippen LogP contribution in [0.3, 0.4) is 0 Å². The van der Waals surface area contributed by atoms with Crippen molar-refractivity contribution in [2.75, 3.05) is 59.4 Å². The highest BCUT2D eigenvalue weighted by Gasteiger charge is 2.41. The van der Waals surface area contributed by atoms with E-state index in [4.69, 9.17) is 38.6 Å². The van der Waals surface area contributed by atoms with E-state index in [1.165, 1.54) is 207 Å². The van der Waals surface area contributed by atoms with Crippen LogP contribution >= 0.6 is 68.0 Å². The first kappa shape index (κ1) is 84.9. The van der Waals surface area contributed by atoms with Crippen molar-refractivity contribution in [1.82, 2.24) is 15.1 Å². The second-order valence-corrected chi connectivity index (χ2v) is 38.8. The minimum absolute atomic E-state index is 0.214. The van der Waals surface area contributed by atoms with Gasteiger partial charge in [-0.1, -0.05) is 247 Å². The van der Waals surface area contributed by atoms with Gasteiger partial charge in [0.15, 0.2) is 23.0 Å². The van der Waals surface area contributed by atoms with Gasteiger partial charge >= 0.3 is 0 Å². The summed E-state index contributed by atoms with van der Waals surface area (Å²) in [5.41, 5.74) is 1.61. The van der Waals surface area contributed by atoms with Gasteiger partial charge in [-0.25, -0.2) is 0 Å². The monoisotopic (exact) mass is 1600 g/mol. The first-order valence-corrected chi connectivity index (χ1v) is 47.9. The van der Waals surface area contributed by atoms with Crippen molar-refractivity contribution in [3.05, 3.63) is 81.5 Å². The number of benzene rings is 1. The standard InChI is InChI=1S/C92H129N3O8S6/c1-9-15-19-23-27-30-32-35-39-43-55-98-60-91(13-5)62-100-82-67(8)105-86(83(82)101-63-91)77-53-50-75(107-77)80-69-57-71-72(90(97)95(89(71)96)59-68(45-41-37-26-22-18-12-4)46-42-38-34-29-25-21-17-11-3)58-70(69)81(94-93-80)76-51-54-79(108-76)88-85-84(87(109-88)78-52-49-74(106-78)73-48-47-66(7)104-73)102-64-92(14-6,65-103-85)61-99-56-44-40-36-33-31-28-24-20-16-10-2/h47-54,57-58,68H,9-46,55-56,59-65H2,1-8H3. The minimum atomic E-state index is -0.331. The predicted molar refractivity (Wildman–Crippen MR) is 466 cm³/mol. The number of nitrogens with zero attached hydrogens (tertiary/aromatic N) is 3. The van der Waals surface area contributed by atoms with Gasteiger partial charge < -0.3 is 28.4 Å². The number of aryl methyl sites for hydroxylation is 2. The number of carbonyl (C=O) groups is 2. The van der Waals surface area contributed by atoms with Crippen LogP contribution in [0.5, 0.6) is 23.0 Å². The normalized spacial score (nSPS) is 16.6. The largest absolute Gasteiger partial charge is 0.488 e. The summed E-state index contributed by atoms with van der Waals surface area (Å²) in [6.45, 7) is 23.0. The Morgan fingerprint density at radius 3 is 1.11 bits per heavy atom. The second kappa shape index (κ2) is 44.0. The van der Waals surface area contributed by atoms with Crippen molar-refractivity contribution < 1.29 is 38.0 Å². The maximum absolute atomic E-state index is 15.3. The van der Waals surface area contributed by atoms with Gasteiger partial charge in [0.25, 0.3) is 11.8 Å². The van der Waals surface area contributed by atoms with Crippen LogP contribution in [0.15, 0.2) is 60.7 Å². The van der Waals surface area contributed by atoms with E-state index in [9.17, 15) is 0 Å². The number of rotatable bonds is 52. The van der Waals surface area contributed by atoms with Gasteiger partial charge in [0, 0.05) is 64.7 Å². The lowest BCUT2D eigenvalue weighted by molar-refractivity contribution is -0.00826. The smallest absolute Gasteiger partial charge is 0.261 e. The van der Waals surface area contributed by atoms with Crippen molar-refractivity contribution in [2.45, 2.75) is 299 Å². The van der Waals surface area contributed by atoms with E-state index in [0.717, 1.165) is 142 Å². The zero-order chi connectivity index (χ0) is 76.2. The highest BCUT2D eigenvalue weighted by molar-refractivity contribution is 7.29. The van der Waals surface area contributed by atoms with Crippen LogP contribution in [0.1, 0.15) is 316 Å². The molecule has 3 atom stereocenters. The Kier molecular flexibility index (Phi) is 34.3. The molecule has 0 saturated carbocycles. The fourth-order valence-electron chi connectivity index (χ4n) is 15.8. The number of amides is 2. The number of unbranched alkanes of at least 4 members (excludes halogenated alkanes) is 30. The molecule has 2 amide bonds. The first-order chi connectivity index (χ1) is 53.4. The summed E-state index contributed by atoms with van der Waals surface area (Å²) >= 11 is 10.3. The number of thiophene rings is 6. The van der Waals surface area contributed by atoms with E-state index < -0.39 is 0 Å². The van der Waals surface area contributed by atoms with Gasteiger partial charge in [0.2, 0.25) is 0 Å². The zero-order valence-electron chi connectivity index (χ0n) is 67.6. The molecule has 8 aromatic rings. The average molecular weight is 1600 g/mol. The summed E-state index contributed by atoms with van der Waals surface area (Å²) in [6.07, 6.45) is 46.9. The van der Waals surface area contributed by atoms with Crippen LogP contribution in [-0.2, 0) is 9.47 Å². The summed E-state index contributed by atoms with van der Waals surface area (Å²) in [5, 5.41) is 12.0. The molecule has 0 spiro atoms. The van der Waals surface area contributed by atoms with Crippen LogP contribution in [0.2, 0.25) is 0 Å². The Balaban J connectivity index is 0.879. The molecule has 17 heteroatoms. The Morgan fingerprint density at radius 1 is 0.385 bits per heavy atom. The minimum Gasteiger partial charge on any atom is -0.488 e. The van der Waals surface area contributed by atoms with E-state index in [-0.39, 0.29) is 28.6 Å². The van der Waals surface area contributed by atoms with Gasteiger partial charge in [-0.2, -0.15) is 0 Å². The number of hydrogen-bond acceptors (Lipinski definition) is 16. The molecule has 11 nitrogen and oxygen atoms in total. The van der Waals surface area contributed by atoms with Crippen molar-refractivity contribution in [2.24, 2.45) is 16.7 Å². The lowest BCUT2D eigenvalue weighted by Crippen LogP contribution is -2.37. The number of carbonyl (C=O) groups excluding carboxylic acids is 2. The average Bonchev–Trinajstić information content (AvgIpc) is 1.58. The molecule has 0 aliphatic carbocycles. The Labute approximate surface area is 678 Å². The lowest BCUT2D eigenvalue weighted by Gasteiger charge is -2.29. The SMILES string of the molecule is CCCCCCCCCCCCOCC1(CC)COc2c(C)sc(-c3ccc(-c4nnc(-c5ccc(-c6sc(-c7ccc(-c8ccc(C)s8)s7)c7c6OCC(CC)(COCCCCCCCCCCCC)CO7)s5)c5cc6c(cc45)C(=O)N(CC(CCCCCCCC)CCCCCCCCCC)C6=O)s3)c2OC1. The van der Waals surface area contributed by atoms with Crippen LogP contribution in [0, 0.1) is 30.6 Å². The highest BCUT2D eigenvalue weighted by atomic mass is 32.1. The molecule has 1 aromatic carbocycles. The summed E-state index contributed by atoms with van der Waals surface area (Å²) < 4.78 is 41.0. The molecule has 0 radical (unpaired) electrons. The molecule has 0 bridgehead atoms. The number of imide groups is 1. The second-order valence-electron chi connectivity index (χ2n) is 32.0. The van der Waals surface area contributed by atoms with Gasteiger partial charge in [0.05, 0.1) is 86.0 Å². The third-order valence-corrected chi connectivity index (χ3v) is 30.4. The molecule has 0 saturated heterocycles. The summed E-state index contributed by atoms with van der Waals surface area (Å²) in [5.74, 6) is 2.96. The van der Waals surface area contributed by atoms with E-state index >= 15 is 9.59 Å². The quantitative estimate of drug-likeness (QED) is 0.0269. The molecular weight excluding hydrogens is 1470 g/mol. The predicted octanol–water partition coefficient (Wildman–Crippen LogP) is 29.3. The fraction of sp³-hybridized carbons (Fsp3) is 0.630. The number of hydrogen-bond donors (Lipinski definition) is 0. The first-order valence-electron chi connectivity index (χ1n) is 43.0. The molecule has 0 fully saturated rings. The van der Waals surface area contributed by atoms with Crippen LogP contribution < -0.4 is 18.9 Å². The van der Waals surface area contributed by atoms with E-state index in [2.05, 4.69) is 104 Å². The third-order valence-electron chi connectivity index (χ3n) is 23.2. The molecule has 11 rings (SSSR count). The van der Waals surface area contributed by atoms with Gasteiger partial charge in [-0.3, -0.25) is 14.5 Å². The summed E-state index contributed by atoms with van der Waals surface area (Å²) in [7, 11) is 0. The molecule has 3 unspecified atom stereocenters. The van der Waals surface area contributed by atoms with Crippen LogP contribution in [0.4, 0.5) is 0 Å². The molecule has 7 aromatic heterocycles. The van der Waals surface area contributed by atoms with Gasteiger partial charge in [0.1, 0.15) is 11.4 Å². The van der Waals surface area contributed by atoms with Gasteiger partial charge in [-0.05, 0) is 119 Å². The fourth-order valence-corrected chi connectivity index (χ4v) is 22.4. The molecule has 3 aliphatic rings. The number of fused-ring (bicyclic) bond motifs is 4. The van der Waals surface area contributed by atoms with Crippen molar-refractivity contribution in [1.29, 1.82) is 0 Å². The van der Waals surface area contributed by atoms with Crippen molar-refractivity contribution in [3.63, 3.8) is 0 Å². The Bertz CT molecular complexity index is 4080. The topological polar surface area (TPSA) is 119 Å². The van der Waals surface area contributed by atoms with Gasteiger partial charge in [-0.15, -0.1) is 78.2 Å². The van der Waals surface area contributed by atoms with E-state index in [1.54, 1.807) is 61.6 Å². The summed E-state index contributed by atoms with van der Waals surface area (Å²) in [6, 6.07) is 21.5. The molecule has 0 N–H and O–H groups in total. The molecule has 596 valence electrons. The molecule has 10 heterocycles. The van der Waals surface area contributed by atoms with Crippen molar-refractivity contribution in [3.8, 4) is 83.2 Å². The van der Waals surface area contributed by atoms with E-state index in [1.807, 2.05) is 23.5 Å². The molecular formula is C92H129N3O8S6. The molecule has 3 aliphatic heterocycles. The zero-order valence-corrected chi connectivity index (χ0v) is 72.5. The van der Waals surface area contributed by atoms with Crippen LogP contribution in [0.25, 0.3) is 70.9 Å². The number of aromatic nitrogens is 2. The van der Waals surface area contributed by atoms with E-state index in [0.29, 0.717) is 68.7 Å². The Morgan fingerprint density at radius 2 is 0.716 bits per heavy atom. The maximum Gasteiger partial charge on any atom is 0.261 e. The lowest BCUT2D eigenvalue weighted by atomic mass is 9.88. The van der Waals surface area contributed by atoms with Crippen molar-refractivity contribution >= 4 is 90.6 Å².